The van der Waals surface area contributed by atoms with E-state index in [1.165, 1.54) is 39.0 Å². The van der Waals surface area contributed by atoms with E-state index in [-0.39, 0.29) is 0 Å². The van der Waals surface area contributed by atoms with Gasteiger partial charge in [-0.2, -0.15) is 0 Å². The van der Waals surface area contributed by atoms with E-state index in [1.807, 2.05) is 6.07 Å². The Morgan fingerprint density at radius 2 is 1.88 bits per heavy atom. The molecular formula is C24H20BrN. The number of aromatic nitrogens is 1. The van der Waals surface area contributed by atoms with E-state index in [1.54, 1.807) is 0 Å². The molecule has 1 nitrogen and oxygen atoms in total. The minimum atomic E-state index is 0.393. The minimum absolute atomic E-state index is 0.393. The normalized spacial score (nSPS) is 22.7. The molecule has 1 aromatic heterocycles. The fourth-order valence-corrected chi connectivity index (χ4v) is 4.88. The first-order chi connectivity index (χ1) is 12.6. The summed E-state index contributed by atoms with van der Waals surface area (Å²) >= 11 is 3.52. The Balaban J connectivity index is 1.54. The Kier molecular flexibility index (Phi) is 3.65. The first-order valence-electron chi connectivity index (χ1n) is 9.19. The van der Waals surface area contributed by atoms with Gasteiger partial charge in [0.05, 0.1) is 5.69 Å². The van der Waals surface area contributed by atoms with Crippen LogP contribution >= 0.6 is 15.9 Å². The van der Waals surface area contributed by atoms with Gasteiger partial charge in [0.15, 0.2) is 0 Å². The average molecular weight is 402 g/mol. The van der Waals surface area contributed by atoms with Gasteiger partial charge in [-0.25, -0.2) is 4.98 Å². The van der Waals surface area contributed by atoms with Gasteiger partial charge < -0.3 is 0 Å². The van der Waals surface area contributed by atoms with Crippen LogP contribution in [-0.4, -0.2) is 4.98 Å². The van der Waals surface area contributed by atoms with E-state index in [0.29, 0.717) is 11.8 Å². The SMILES string of the molecule is CC1=C(CC2C=Cc3ccccc32)C2=Cc3nc(Br)ccc3C(C)C2=C1. The number of hydrogen-bond donors (Lipinski definition) is 0. The molecule has 1 aromatic carbocycles. The first-order valence-corrected chi connectivity index (χ1v) is 9.98. The highest BCUT2D eigenvalue weighted by Crippen LogP contribution is 2.48. The van der Waals surface area contributed by atoms with Crippen LogP contribution in [0.3, 0.4) is 0 Å². The van der Waals surface area contributed by atoms with Crippen LogP contribution in [0.5, 0.6) is 0 Å². The van der Waals surface area contributed by atoms with Crippen LogP contribution in [0, 0.1) is 0 Å². The van der Waals surface area contributed by atoms with Crippen molar-refractivity contribution in [3.05, 3.63) is 97.8 Å². The van der Waals surface area contributed by atoms with Crippen molar-refractivity contribution in [2.24, 2.45) is 0 Å². The molecule has 0 amide bonds. The zero-order chi connectivity index (χ0) is 17.8. The third-order valence-corrected chi connectivity index (χ3v) is 6.39. The maximum absolute atomic E-state index is 4.73. The van der Waals surface area contributed by atoms with Crippen molar-refractivity contribution in [3.8, 4) is 0 Å². The molecule has 0 aliphatic heterocycles. The van der Waals surface area contributed by atoms with E-state index in [2.05, 4.69) is 84.4 Å². The van der Waals surface area contributed by atoms with Crippen LogP contribution in [0.4, 0.5) is 0 Å². The number of hydrogen-bond acceptors (Lipinski definition) is 1. The molecule has 26 heavy (non-hydrogen) atoms. The highest BCUT2D eigenvalue weighted by molar-refractivity contribution is 9.10. The third-order valence-electron chi connectivity index (χ3n) is 5.95. The lowest BCUT2D eigenvalue weighted by Crippen LogP contribution is -2.10. The summed E-state index contributed by atoms with van der Waals surface area (Å²) in [5, 5.41) is 0. The number of benzene rings is 1. The average Bonchev–Trinajstić information content (AvgIpc) is 3.18. The first kappa shape index (κ1) is 16.0. The summed E-state index contributed by atoms with van der Waals surface area (Å²) in [6, 6.07) is 13.0. The molecule has 0 saturated heterocycles. The molecule has 0 fully saturated rings. The van der Waals surface area contributed by atoms with Crippen molar-refractivity contribution in [3.63, 3.8) is 0 Å². The van der Waals surface area contributed by atoms with Gasteiger partial charge in [-0.1, -0.05) is 55.5 Å². The Morgan fingerprint density at radius 3 is 2.77 bits per heavy atom. The number of halogens is 1. The standard InChI is InChI=1S/C24H20BrN/c1-14-11-21-15(2)18-9-10-24(25)26-23(18)13-22(21)20(14)12-17-8-7-16-5-3-4-6-19(16)17/h3-11,13,15,17H,12H2,1-2H3. The van der Waals surface area contributed by atoms with Gasteiger partial charge in [0.1, 0.15) is 4.60 Å². The zero-order valence-corrected chi connectivity index (χ0v) is 16.5. The van der Waals surface area contributed by atoms with E-state index >= 15 is 0 Å². The molecule has 3 aliphatic carbocycles. The quantitative estimate of drug-likeness (QED) is 0.504. The van der Waals surface area contributed by atoms with Gasteiger partial charge in [0, 0.05) is 11.8 Å². The van der Waals surface area contributed by atoms with Crippen LogP contribution in [-0.2, 0) is 0 Å². The highest BCUT2D eigenvalue weighted by Gasteiger charge is 2.31. The second kappa shape index (κ2) is 5.92. The Hall–Kier alpha value is -2.19. The summed E-state index contributed by atoms with van der Waals surface area (Å²) in [6.07, 6.45) is 10.4. The van der Waals surface area contributed by atoms with Crippen molar-refractivity contribution in [2.75, 3.05) is 0 Å². The van der Waals surface area contributed by atoms with Crippen molar-refractivity contribution < 1.29 is 0 Å². The molecule has 2 atom stereocenters. The molecule has 0 radical (unpaired) electrons. The third kappa shape index (κ3) is 2.39. The van der Waals surface area contributed by atoms with Gasteiger partial charge in [0.2, 0.25) is 0 Å². The minimum Gasteiger partial charge on any atom is -0.241 e. The van der Waals surface area contributed by atoms with Crippen LogP contribution in [0.1, 0.15) is 54.5 Å². The van der Waals surface area contributed by atoms with Crippen LogP contribution in [0.15, 0.2) is 75.4 Å². The van der Waals surface area contributed by atoms with Gasteiger partial charge in [-0.3, -0.25) is 0 Å². The topological polar surface area (TPSA) is 12.9 Å². The smallest absolute Gasteiger partial charge is 0.106 e. The summed E-state index contributed by atoms with van der Waals surface area (Å²) < 4.78 is 0.903. The molecule has 128 valence electrons. The van der Waals surface area contributed by atoms with Crippen LogP contribution in [0.2, 0.25) is 0 Å². The lowest BCUT2D eigenvalue weighted by Gasteiger charge is -2.25. The maximum Gasteiger partial charge on any atom is 0.106 e. The van der Waals surface area contributed by atoms with E-state index in [9.17, 15) is 0 Å². The fraction of sp³-hybridized carbons (Fsp3) is 0.208. The molecule has 2 heteroatoms. The molecule has 0 spiro atoms. The van der Waals surface area contributed by atoms with Crippen molar-refractivity contribution in [1.82, 2.24) is 4.98 Å². The van der Waals surface area contributed by atoms with Gasteiger partial charge in [-0.15, -0.1) is 0 Å². The largest absolute Gasteiger partial charge is 0.241 e. The number of nitrogens with zero attached hydrogens (tertiary/aromatic N) is 1. The molecule has 2 aromatic rings. The molecule has 0 bridgehead atoms. The number of pyridine rings is 1. The van der Waals surface area contributed by atoms with Crippen molar-refractivity contribution in [2.45, 2.75) is 32.1 Å². The summed E-state index contributed by atoms with van der Waals surface area (Å²) in [7, 11) is 0. The summed E-state index contributed by atoms with van der Waals surface area (Å²) in [4.78, 5) is 4.73. The van der Waals surface area contributed by atoms with Crippen molar-refractivity contribution in [1.29, 1.82) is 0 Å². The Bertz CT molecular complexity index is 1050. The zero-order valence-electron chi connectivity index (χ0n) is 15.0. The second-order valence-electron chi connectivity index (χ2n) is 7.45. The molecule has 3 aliphatic rings. The number of allylic oxidation sites excluding steroid dienone is 6. The second-order valence-corrected chi connectivity index (χ2v) is 8.26. The van der Waals surface area contributed by atoms with Gasteiger partial charge in [-0.05, 0) is 80.4 Å². The van der Waals surface area contributed by atoms with Crippen LogP contribution in [0.25, 0.3) is 12.2 Å². The molecule has 1 heterocycles. The highest BCUT2D eigenvalue weighted by atomic mass is 79.9. The van der Waals surface area contributed by atoms with E-state index < -0.39 is 0 Å². The van der Waals surface area contributed by atoms with Crippen LogP contribution < -0.4 is 0 Å². The summed E-state index contributed by atoms with van der Waals surface area (Å²) in [5.41, 5.74) is 11.0. The fourth-order valence-electron chi connectivity index (χ4n) is 4.55. The molecule has 5 rings (SSSR count). The maximum atomic E-state index is 4.73. The predicted octanol–water partition coefficient (Wildman–Crippen LogP) is 6.80. The van der Waals surface area contributed by atoms with Gasteiger partial charge in [0.25, 0.3) is 0 Å². The summed E-state index contributed by atoms with van der Waals surface area (Å²) in [6.45, 7) is 4.56. The van der Waals surface area contributed by atoms with E-state index in [4.69, 9.17) is 4.98 Å². The predicted molar refractivity (Wildman–Crippen MR) is 112 cm³/mol. The monoisotopic (exact) mass is 401 g/mol. The number of rotatable bonds is 2. The Morgan fingerprint density at radius 1 is 1.04 bits per heavy atom. The molecular weight excluding hydrogens is 382 g/mol. The Labute approximate surface area is 163 Å². The summed E-state index contributed by atoms with van der Waals surface area (Å²) in [5.74, 6) is 0.862. The lowest BCUT2D eigenvalue weighted by atomic mass is 9.80. The molecule has 0 saturated carbocycles. The number of fused-ring (bicyclic) bond motifs is 3. The molecule has 2 unspecified atom stereocenters. The lowest BCUT2D eigenvalue weighted by molar-refractivity contribution is 0.829. The van der Waals surface area contributed by atoms with E-state index in [0.717, 1.165) is 16.7 Å². The molecule has 0 N–H and O–H groups in total. The van der Waals surface area contributed by atoms with Crippen molar-refractivity contribution >= 4 is 28.1 Å². The van der Waals surface area contributed by atoms with Gasteiger partial charge >= 0.3 is 0 Å².